The summed E-state index contributed by atoms with van der Waals surface area (Å²) in [4.78, 5) is 30.3. The van der Waals surface area contributed by atoms with Crippen LogP contribution in [0.25, 0.3) is 21.8 Å². The van der Waals surface area contributed by atoms with Crippen molar-refractivity contribution in [1.29, 1.82) is 0 Å². The van der Waals surface area contributed by atoms with E-state index in [1.807, 2.05) is 12.3 Å². The number of aliphatic carboxylic acids is 2. The number of carbonyl (C=O) groups is 2. The first kappa shape index (κ1) is 25.6. The number of hydrogen-bond donors (Lipinski definition) is 3. The van der Waals surface area contributed by atoms with Gasteiger partial charge in [-0.2, -0.15) is 0 Å². The number of rotatable bonds is 9. The average molecular weight is 466 g/mol. The molecule has 3 N–H and O–H groups in total. The van der Waals surface area contributed by atoms with Crippen LogP contribution >= 0.6 is 0 Å². The van der Waals surface area contributed by atoms with E-state index in [2.05, 4.69) is 54.5 Å². The minimum atomic E-state index is -0.978. The van der Waals surface area contributed by atoms with E-state index in [0.717, 1.165) is 11.0 Å². The van der Waals surface area contributed by atoms with Crippen LogP contribution in [0.3, 0.4) is 0 Å². The summed E-state index contributed by atoms with van der Waals surface area (Å²) in [6.07, 6.45) is 9.60. The Hall–Kier alpha value is -3.06. The maximum Gasteiger partial charge on any atom is 0.320 e. The second kappa shape index (κ2) is 12.4. The van der Waals surface area contributed by atoms with Crippen molar-refractivity contribution in [1.82, 2.24) is 15.3 Å². The summed E-state index contributed by atoms with van der Waals surface area (Å²) in [7, 11) is 0. The molecular formula is C27H35N3O4. The van der Waals surface area contributed by atoms with E-state index in [1.165, 1.54) is 55.0 Å². The Bertz CT molecular complexity index is 1090. The van der Waals surface area contributed by atoms with E-state index in [4.69, 9.17) is 15.2 Å². The molecule has 2 aromatic heterocycles. The summed E-state index contributed by atoms with van der Waals surface area (Å²) < 4.78 is 0. The van der Waals surface area contributed by atoms with Crippen molar-refractivity contribution < 1.29 is 19.8 Å². The summed E-state index contributed by atoms with van der Waals surface area (Å²) in [6, 6.07) is 12.2. The van der Waals surface area contributed by atoms with E-state index < -0.39 is 23.9 Å². The van der Waals surface area contributed by atoms with Crippen LogP contribution in [-0.4, -0.2) is 44.7 Å². The van der Waals surface area contributed by atoms with Crippen LogP contribution in [0.5, 0.6) is 0 Å². The second-order valence-corrected chi connectivity index (χ2v) is 9.00. The van der Waals surface area contributed by atoms with Crippen LogP contribution in [0.4, 0.5) is 0 Å². The smallest absolute Gasteiger partial charge is 0.320 e. The third-order valence-corrected chi connectivity index (χ3v) is 6.46. The lowest BCUT2D eigenvalue weighted by Crippen LogP contribution is -2.29. The Labute approximate surface area is 200 Å². The van der Waals surface area contributed by atoms with Crippen LogP contribution in [0.15, 0.2) is 42.6 Å². The molecule has 0 bridgehead atoms. The molecule has 1 unspecified atom stereocenters. The molecule has 1 saturated heterocycles. The molecule has 3 heterocycles. The maximum absolute atomic E-state index is 10.3. The fraction of sp³-hybridized carbons (Fsp3) is 0.481. The number of pyridine rings is 2. The van der Waals surface area contributed by atoms with E-state index in [-0.39, 0.29) is 13.0 Å². The number of nitrogens with one attached hydrogen (secondary N) is 1. The molecule has 0 amide bonds. The topological polar surface area (TPSA) is 112 Å². The van der Waals surface area contributed by atoms with Crippen molar-refractivity contribution in [2.24, 2.45) is 5.92 Å². The summed E-state index contributed by atoms with van der Waals surface area (Å²) in [5.41, 5.74) is 3.33. The molecule has 7 nitrogen and oxygen atoms in total. The quantitative estimate of drug-likeness (QED) is 0.364. The lowest BCUT2D eigenvalue weighted by Gasteiger charge is -2.16. The van der Waals surface area contributed by atoms with Gasteiger partial charge < -0.3 is 15.5 Å². The minimum absolute atomic E-state index is 0.185. The molecule has 0 radical (unpaired) electrons. The number of unbranched alkanes of at least 4 members (excludes halogenated alkanes) is 2. The predicted molar refractivity (Wildman–Crippen MR) is 134 cm³/mol. The summed E-state index contributed by atoms with van der Waals surface area (Å²) in [5, 5.41) is 21.9. The van der Waals surface area contributed by atoms with Crippen LogP contribution < -0.4 is 5.32 Å². The van der Waals surface area contributed by atoms with Crippen molar-refractivity contribution in [3.63, 3.8) is 0 Å². The van der Waals surface area contributed by atoms with Gasteiger partial charge in [-0.1, -0.05) is 63.8 Å². The predicted octanol–water partition coefficient (Wildman–Crippen LogP) is 5.38. The lowest BCUT2D eigenvalue weighted by atomic mass is 9.92. The van der Waals surface area contributed by atoms with Crippen LogP contribution in [0, 0.1) is 5.92 Å². The molecule has 0 saturated carbocycles. The fourth-order valence-corrected chi connectivity index (χ4v) is 4.42. The number of aromatic nitrogens is 2. The van der Waals surface area contributed by atoms with E-state index in [0.29, 0.717) is 5.92 Å². The Balaban J connectivity index is 0.000000248. The first-order valence-corrected chi connectivity index (χ1v) is 12.3. The molecule has 4 rings (SSSR count). The van der Waals surface area contributed by atoms with Crippen LogP contribution in [-0.2, 0) is 9.59 Å². The summed E-state index contributed by atoms with van der Waals surface area (Å²) in [5.74, 6) is -1.87. The van der Waals surface area contributed by atoms with Crippen LogP contribution in [0.2, 0.25) is 0 Å². The zero-order valence-corrected chi connectivity index (χ0v) is 20.0. The van der Waals surface area contributed by atoms with Gasteiger partial charge >= 0.3 is 11.9 Å². The normalized spacial score (nSPS) is 17.6. The molecule has 1 aliphatic heterocycles. The number of hydrogen-bond acceptors (Lipinski definition) is 5. The Morgan fingerprint density at radius 3 is 2.18 bits per heavy atom. The van der Waals surface area contributed by atoms with E-state index >= 15 is 0 Å². The molecule has 34 heavy (non-hydrogen) atoms. The molecular weight excluding hydrogens is 430 g/mol. The molecule has 1 fully saturated rings. The SMILES string of the molecule is CCCCC(CCCC)c1ccc2ccc3cccnc3c2n1.O=C(O)C1CN[C@H](C(=O)O)C1. The molecule has 0 aliphatic carbocycles. The number of carboxylic acid groups (broad SMARTS) is 2. The van der Waals surface area contributed by atoms with Gasteiger partial charge in [0.25, 0.3) is 0 Å². The highest BCUT2D eigenvalue weighted by molar-refractivity contribution is 6.02. The van der Waals surface area contributed by atoms with Gasteiger partial charge in [-0.25, -0.2) is 0 Å². The highest BCUT2D eigenvalue weighted by atomic mass is 16.4. The molecule has 1 aliphatic rings. The lowest BCUT2D eigenvalue weighted by molar-refractivity contribution is -0.141. The standard InChI is InChI=1S/C21H26N2.C6H9NO4/c1-3-5-8-16(9-6-4-2)19-14-13-18-12-11-17-10-7-15-22-20(17)21(18)23-19;8-5(9)3-1-4(6(10)11)7-2-3/h7,10-16H,3-6,8-9H2,1-2H3;3-4,7H,1-2H2,(H,8,9)(H,10,11)/t;3?,4-/m.0/s1. The number of carboxylic acids is 2. The first-order valence-electron chi connectivity index (χ1n) is 12.3. The van der Waals surface area contributed by atoms with Crippen molar-refractivity contribution in [3.05, 3.63) is 48.3 Å². The molecule has 3 aromatic rings. The molecule has 0 spiro atoms. The number of benzene rings is 1. The Morgan fingerprint density at radius 2 is 1.62 bits per heavy atom. The van der Waals surface area contributed by atoms with Gasteiger partial charge in [0.1, 0.15) is 6.04 Å². The van der Waals surface area contributed by atoms with Gasteiger partial charge in [0.05, 0.1) is 17.0 Å². The van der Waals surface area contributed by atoms with Crippen molar-refractivity contribution in [2.75, 3.05) is 6.54 Å². The first-order chi connectivity index (χ1) is 16.4. The third-order valence-electron chi connectivity index (χ3n) is 6.46. The van der Waals surface area contributed by atoms with Crippen LogP contribution in [0.1, 0.15) is 70.4 Å². The van der Waals surface area contributed by atoms with E-state index in [9.17, 15) is 9.59 Å². The molecule has 1 aromatic carbocycles. The minimum Gasteiger partial charge on any atom is -0.481 e. The Kier molecular flexibility index (Phi) is 9.33. The van der Waals surface area contributed by atoms with Gasteiger partial charge in [-0.15, -0.1) is 0 Å². The summed E-state index contributed by atoms with van der Waals surface area (Å²) in [6.45, 7) is 4.79. The monoisotopic (exact) mass is 465 g/mol. The fourth-order valence-electron chi connectivity index (χ4n) is 4.42. The molecule has 182 valence electrons. The second-order valence-electron chi connectivity index (χ2n) is 9.00. The average Bonchev–Trinajstić information content (AvgIpc) is 3.36. The van der Waals surface area contributed by atoms with Gasteiger partial charge in [0, 0.05) is 35.1 Å². The van der Waals surface area contributed by atoms with Gasteiger partial charge in [0.2, 0.25) is 0 Å². The molecule has 2 atom stereocenters. The van der Waals surface area contributed by atoms with Crippen molar-refractivity contribution >= 4 is 33.7 Å². The van der Waals surface area contributed by atoms with Gasteiger partial charge in [-0.3, -0.25) is 19.6 Å². The maximum atomic E-state index is 10.3. The van der Waals surface area contributed by atoms with E-state index in [1.54, 1.807) is 0 Å². The highest BCUT2D eigenvalue weighted by Crippen LogP contribution is 2.29. The number of fused-ring (bicyclic) bond motifs is 3. The zero-order valence-electron chi connectivity index (χ0n) is 20.0. The number of nitrogens with zero attached hydrogens (tertiary/aromatic N) is 2. The zero-order chi connectivity index (χ0) is 24.5. The third kappa shape index (κ3) is 6.50. The van der Waals surface area contributed by atoms with Gasteiger partial charge in [-0.05, 0) is 31.4 Å². The van der Waals surface area contributed by atoms with Gasteiger partial charge in [0.15, 0.2) is 0 Å². The van der Waals surface area contributed by atoms with Crippen molar-refractivity contribution in [2.45, 2.75) is 70.8 Å². The summed E-state index contributed by atoms with van der Waals surface area (Å²) >= 11 is 0. The Morgan fingerprint density at radius 1 is 0.971 bits per heavy atom. The largest absolute Gasteiger partial charge is 0.481 e. The van der Waals surface area contributed by atoms with Crippen molar-refractivity contribution in [3.8, 4) is 0 Å². The highest BCUT2D eigenvalue weighted by Gasteiger charge is 2.33. The molecule has 7 heteroatoms.